The van der Waals surface area contributed by atoms with Gasteiger partial charge in [0, 0.05) is 23.6 Å². The maximum atomic E-state index is 13.0. The second-order valence-corrected chi connectivity index (χ2v) is 6.11. The molecule has 0 aromatic heterocycles. The van der Waals surface area contributed by atoms with Crippen LogP contribution < -0.4 is 10.6 Å². The monoisotopic (exact) mass is 336 g/mol. The van der Waals surface area contributed by atoms with Gasteiger partial charge >= 0.3 is 0 Å². The van der Waals surface area contributed by atoms with Gasteiger partial charge in [-0.25, -0.2) is 8.78 Å². The number of amides is 1. The van der Waals surface area contributed by atoms with E-state index in [1.54, 1.807) is 11.8 Å². The number of hydrogen-bond acceptors (Lipinski definition) is 3. The van der Waals surface area contributed by atoms with E-state index in [1.807, 2.05) is 31.2 Å². The minimum atomic E-state index is -2.77. The van der Waals surface area contributed by atoms with E-state index in [-0.39, 0.29) is 18.3 Å². The van der Waals surface area contributed by atoms with Crippen molar-refractivity contribution < 1.29 is 13.6 Å². The number of thioether (sulfide) groups is 1. The molecule has 1 aromatic rings. The second-order valence-electron chi connectivity index (χ2n) is 4.95. The molecule has 2 rings (SSSR count). The van der Waals surface area contributed by atoms with Crippen LogP contribution in [0.15, 0.2) is 29.2 Å². The highest BCUT2D eigenvalue weighted by atomic mass is 35.5. The maximum absolute atomic E-state index is 13.0. The molecule has 0 spiro atoms. The summed E-state index contributed by atoms with van der Waals surface area (Å²) in [6.07, 6.45) is -0.413. The number of rotatable bonds is 5. The van der Waals surface area contributed by atoms with Crippen molar-refractivity contribution in [3.63, 3.8) is 0 Å². The van der Waals surface area contributed by atoms with Gasteiger partial charge in [0.2, 0.25) is 5.91 Å². The van der Waals surface area contributed by atoms with Gasteiger partial charge < -0.3 is 5.32 Å². The average Bonchev–Trinajstić information content (AvgIpc) is 2.77. The van der Waals surface area contributed by atoms with Crippen molar-refractivity contribution >= 4 is 30.1 Å². The summed E-state index contributed by atoms with van der Waals surface area (Å²) >= 11 is 1.63. The number of halogens is 3. The van der Waals surface area contributed by atoms with Gasteiger partial charge in [-0.05, 0) is 19.1 Å². The zero-order valence-corrected chi connectivity index (χ0v) is 13.3. The molecule has 1 fully saturated rings. The number of carbonyl (C=O) groups excluding carboxylic acids is 1. The first-order valence-corrected chi connectivity index (χ1v) is 7.53. The molecule has 1 amide bonds. The van der Waals surface area contributed by atoms with Crippen LogP contribution in [-0.2, 0) is 4.79 Å². The van der Waals surface area contributed by atoms with Crippen LogP contribution in [0.4, 0.5) is 8.78 Å². The van der Waals surface area contributed by atoms with Crippen molar-refractivity contribution in [1.82, 2.24) is 10.6 Å². The van der Waals surface area contributed by atoms with Gasteiger partial charge in [-0.1, -0.05) is 17.7 Å². The molecule has 1 unspecified atom stereocenters. The van der Waals surface area contributed by atoms with Gasteiger partial charge in [0.25, 0.3) is 5.92 Å². The second kappa shape index (κ2) is 7.96. The molecule has 21 heavy (non-hydrogen) atoms. The first-order valence-electron chi connectivity index (χ1n) is 6.55. The van der Waals surface area contributed by atoms with Gasteiger partial charge in [0.1, 0.15) is 0 Å². The van der Waals surface area contributed by atoms with Crippen LogP contribution in [0.2, 0.25) is 0 Å². The van der Waals surface area contributed by atoms with E-state index in [0.717, 1.165) is 10.6 Å². The predicted octanol–water partition coefficient (Wildman–Crippen LogP) is 2.62. The van der Waals surface area contributed by atoms with E-state index >= 15 is 0 Å². The highest BCUT2D eigenvalue weighted by Crippen LogP contribution is 2.25. The van der Waals surface area contributed by atoms with Crippen LogP contribution in [0.1, 0.15) is 12.0 Å². The van der Waals surface area contributed by atoms with Gasteiger partial charge in [-0.2, -0.15) is 0 Å². The number of carbonyl (C=O) groups is 1. The first-order chi connectivity index (χ1) is 9.46. The normalized spacial score (nSPS) is 19.9. The number of benzene rings is 1. The molecule has 3 nitrogen and oxygen atoms in total. The Morgan fingerprint density at radius 1 is 1.43 bits per heavy atom. The molecule has 2 N–H and O–H groups in total. The molecule has 7 heteroatoms. The molecule has 1 aliphatic heterocycles. The molecule has 1 saturated heterocycles. The summed E-state index contributed by atoms with van der Waals surface area (Å²) in [5, 5.41) is 5.23. The largest absolute Gasteiger partial charge is 0.354 e. The Hall–Kier alpha value is -0.850. The lowest BCUT2D eigenvalue weighted by Crippen LogP contribution is -2.41. The first kappa shape index (κ1) is 18.2. The lowest BCUT2D eigenvalue weighted by atomic mass is 10.2. The molecular weight excluding hydrogens is 318 g/mol. The number of alkyl halides is 2. The summed E-state index contributed by atoms with van der Waals surface area (Å²) in [6.45, 7) is 2.09. The molecule has 0 radical (unpaired) electrons. The topological polar surface area (TPSA) is 41.1 Å². The fraction of sp³-hybridized carbons (Fsp3) is 0.500. The smallest absolute Gasteiger partial charge is 0.262 e. The molecular formula is C14H19ClF2N2OS. The summed E-state index contributed by atoms with van der Waals surface area (Å²) in [4.78, 5) is 12.8. The SMILES string of the molecule is Cc1ccc(SCCNC(=O)C2CC(F)(F)CN2)cc1.Cl. The Labute approximate surface area is 133 Å². The van der Waals surface area contributed by atoms with Crippen molar-refractivity contribution in [3.05, 3.63) is 29.8 Å². The summed E-state index contributed by atoms with van der Waals surface area (Å²) < 4.78 is 25.9. The molecule has 1 heterocycles. The Morgan fingerprint density at radius 2 is 2.10 bits per heavy atom. The third-order valence-corrected chi connectivity index (χ3v) is 4.13. The summed E-state index contributed by atoms with van der Waals surface area (Å²) in [6, 6.07) is 7.35. The Morgan fingerprint density at radius 3 is 2.67 bits per heavy atom. The minimum Gasteiger partial charge on any atom is -0.354 e. The fourth-order valence-electron chi connectivity index (χ4n) is 2.00. The summed E-state index contributed by atoms with van der Waals surface area (Å²) in [5.41, 5.74) is 1.20. The zero-order chi connectivity index (χ0) is 14.6. The summed E-state index contributed by atoms with van der Waals surface area (Å²) in [7, 11) is 0. The number of aryl methyl sites for hydroxylation is 1. The van der Waals surface area contributed by atoms with E-state index in [9.17, 15) is 13.6 Å². The van der Waals surface area contributed by atoms with Gasteiger partial charge in [0.05, 0.1) is 12.6 Å². The lowest BCUT2D eigenvalue weighted by Gasteiger charge is -2.11. The number of nitrogens with one attached hydrogen (secondary N) is 2. The Balaban J connectivity index is 0.00000220. The average molecular weight is 337 g/mol. The molecule has 118 valence electrons. The van der Waals surface area contributed by atoms with E-state index in [4.69, 9.17) is 0 Å². The van der Waals surface area contributed by atoms with E-state index in [2.05, 4.69) is 10.6 Å². The van der Waals surface area contributed by atoms with Crippen LogP contribution in [0.3, 0.4) is 0 Å². The van der Waals surface area contributed by atoms with Gasteiger partial charge in [0.15, 0.2) is 0 Å². The van der Waals surface area contributed by atoms with Crippen molar-refractivity contribution in [3.8, 4) is 0 Å². The highest BCUT2D eigenvalue weighted by Gasteiger charge is 2.42. The van der Waals surface area contributed by atoms with E-state index in [0.29, 0.717) is 6.54 Å². The maximum Gasteiger partial charge on any atom is 0.262 e. The van der Waals surface area contributed by atoms with Crippen LogP contribution in [-0.4, -0.2) is 36.7 Å². The predicted molar refractivity (Wildman–Crippen MR) is 83.5 cm³/mol. The van der Waals surface area contributed by atoms with E-state index < -0.39 is 24.9 Å². The molecule has 1 aliphatic rings. The van der Waals surface area contributed by atoms with Crippen LogP contribution in [0.5, 0.6) is 0 Å². The van der Waals surface area contributed by atoms with Crippen molar-refractivity contribution in [2.75, 3.05) is 18.8 Å². The molecule has 0 bridgehead atoms. The lowest BCUT2D eigenvalue weighted by molar-refractivity contribution is -0.123. The quantitative estimate of drug-likeness (QED) is 0.641. The van der Waals surface area contributed by atoms with Crippen LogP contribution in [0, 0.1) is 6.92 Å². The summed E-state index contributed by atoms with van der Waals surface area (Å²) in [5.74, 6) is -2.39. The third-order valence-electron chi connectivity index (χ3n) is 3.12. The molecule has 1 aromatic carbocycles. The third kappa shape index (κ3) is 5.80. The van der Waals surface area contributed by atoms with Crippen molar-refractivity contribution in [2.24, 2.45) is 0 Å². The standard InChI is InChI=1S/C14H18F2N2OS.ClH/c1-10-2-4-11(5-3-10)20-7-6-17-13(19)12-8-14(15,16)9-18-12;/h2-5,12,18H,6-9H2,1H3,(H,17,19);1H. The van der Waals surface area contributed by atoms with Gasteiger partial charge in [-0.3, -0.25) is 10.1 Å². The van der Waals surface area contributed by atoms with Crippen LogP contribution in [0.25, 0.3) is 0 Å². The van der Waals surface area contributed by atoms with Gasteiger partial charge in [-0.15, -0.1) is 24.2 Å². The fourth-order valence-corrected chi connectivity index (χ4v) is 2.77. The highest BCUT2D eigenvalue weighted by molar-refractivity contribution is 7.99. The molecule has 0 aliphatic carbocycles. The van der Waals surface area contributed by atoms with Crippen LogP contribution >= 0.6 is 24.2 Å². The number of hydrogen-bond donors (Lipinski definition) is 2. The molecule has 0 saturated carbocycles. The Bertz CT molecular complexity index is 471. The zero-order valence-electron chi connectivity index (χ0n) is 11.7. The molecule has 1 atom stereocenters. The van der Waals surface area contributed by atoms with E-state index in [1.165, 1.54) is 5.56 Å². The Kier molecular flexibility index (Phi) is 6.90. The van der Waals surface area contributed by atoms with Crippen molar-refractivity contribution in [2.45, 2.75) is 30.2 Å². The minimum absolute atomic E-state index is 0. The van der Waals surface area contributed by atoms with Crippen molar-refractivity contribution in [1.29, 1.82) is 0 Å².